The minimum Gasteiger partial charge on any atom is -0.383 e. The highest BCUT2D eigenvalue weighted by molar-refractivity contribution is 5.84. The van der Waals surface area contributed by atoms with Crippen LogP contribution in [0.3, 0.4) is 0 Å². The molecule has 0 fully saturated rings. The molecular weight excluding hydrogens is 272 g/mol. The lowest BCUT2D eigenvalue weighted by atomic mass is 10.2. The highest BCUT2D eigenvalue weighted by Crippen LogP contribution is 2.20. The van der Waals surface area contributed by atoms with Gasteiger partial charge in [0, 0.05) is 25.6 Å². The number of nitrogen functional groups attached to an aromatic ring is 1. The van der Waals surface area contributed by atoms with Crippen LogP contribution in [0.4, 0.5) is 11.6 Å². The summed E-state index contributed by atoms with van der Waals surface area (Å²) in [7, 11) is 1.59. The number of amides is 1. The van der Waals surface area contributed by atoms with Gasteiger partial charge in [0.1, 0.15) is 23.5 Å². The van der Waals surface area contributed by atoms with Gasteiger partial charge in [0.25, 0.3) is 0 Å². The fourth-order valence-electron chi connectivity index (χ4n) is 1.70. The van der Waals surface area contributed by atoms with E-state index < -0.39 is 6.04 Å². The van der Waals surface area contributed by atoms with Crippen LogP contribution in [0.25, 0.3) is 0 Å². The minimum atomic E-state index is -0.425. The Morgan fingerprint density at radius 1 is 1.38 bits per heavy atom. The first-order chi connectivity index (χ1) is 10.0. The SMILES string of the molecule is CCc1nc(NN)c(C)c(NC(C)C(=O)NCCOC)n1. The first kappa shape index (κ1) is 17.1. The normalized spacial score (nSPS) is 11.9. The van der Waals surface area contributed by atoms with Crippen molar-refractivity contribution in [2.45, 2.75) is 33.2 Å². The van der Waals surface area contributed by atoms with Crippen molar-refractivity contribution < 1.29 is 9.53 Å². The lowest BCUT2D eigenvalue weighted by molar-refractivity contribution is -0.121. The molecule has 1 heterocycles. The predicted molar refractivity (Wildman–Crippen MR) is 81.9 cm³/mol. The van der Waals surface area contributed by atoms with E-state index in [1.165, 1.54) is 0 Å². The fourth-order valence-corrected chi connectivity index (χ4v) is 1.70. The Hall–Kier alpha value is -1.93. The molecule has 8 heteroatoms. The van der Waals surface area contributed by atoms with Crippen molar-refractivity contribution in [2.75, 3.05) is 31.0 Å². The van der Waals surface area contributed by atoms with Crippen LogP contribution in [0.1, 0.15) is 25.2 Å². The van der Waals surface area contributed by atoms with Gasteiger partial charge in [-0.3, -0.25) is 4.79 Å². The van der Waals surface area contributed by atoms with E-state index in [0.29, 0.717) is 37.0 Å². The van der Waals surface area contributed by atoms with E-state index in [1.54, 1.807) is 14.0 Å². The number of rotatable bonds is 8. The summed E-state index contributed by atoms with van der Waals surface area (Å²) < 4.78 is 4.89. The Bertz CT molecular complexity index is 480. The Labute approximate surface area is 124 Å². The van der Waals surface area contributed by atoms with Crippen molar-refractivity contribution >= 4 is 17.5 Å². The quantitative estimate of drug-likeness (QED) is 0.308. The van der Waals surface area contributed by atoms with Gasteiger partial charge in [0.15, 0.2) is 0 Å². The summed E-state index contributed by atoms with van der Waals surface area (Å²) in [4.78, 5) is 20.6. The second-order valence-electron chi connectivity index (χ2n) is 4.61. The Balaban J connectivity index is 2.79. The molecule has 0 aliphatic rings. The molecule has 5 N–H and O–H groups in total. The molecule has 0 spiro atoms. The van der Waals surface area contributed by atoms with E-state index in [9.17, 15) is 4.79 Å². The molecule has 21 heavy (non-hydrogen) atoms. The number of nitrogens with two attached hydrogens (primary N) is 1. The summed E-state index contributed by atoms with van der Waals surface area (Å²) in [6, 6.07) is -0.425. The zero-order valence-corrected chi connectivity index (χ0v) is 13.0. The van der Waals surface area contributed by atoms with Gasteiger partial charge in [-0.15, -0.1) is 0 Å². The van der Waals surface area contributed by atoms with Crippen LogP contribution in [0.5, 0.6) is 0 Å². The van der Waals surface area contributed by atoms with Gasteiger partial charge >= 0.3 is 0 Å². The van der Waals surface area contributed by atoms with E-state index in [-0.39, 0.29) is 5.91 Å². The van der Waals surface area contributed by atoms with Crippen LogP contribution in [-0.4, -0.2) is 42.2 Å². The number of methoxy groups -OCH3 is 1. The van der Waals surface area contributed by atoms with E-state index >= 15 is 0 Å². The summed E-state index contributed by atoms with van der Waals surface area (Å²) in [6.45, 7) is 6.51. The Morgan fingerprint density at radius 2 is 2.05 bits per heavy atom. The fraction of sp³-hybridized carbons (Fsp3) is 0.615. The number of hydrogen-bond acceptors (Lipinski definition) is 7. The third-order valence-corrected chi connectivity index (χ3v) is 3.00. The van der Waals surface area contributed by atoms with Crippen molar-refractivity contribution in [3.05, 3.63) is 11.4 Å². The molecule has 1 unspecified atom stereocenters. The maximum atomic E-state index is 11.9. The minimum absolute atomic E-state index is 0.120. The van der Waals surface area contributed by atoms with Gasteiger partial charge in [0.05, 0.1) is 6.61 Å². The largest absolute Gasteiger partial charge is 0.383 e. The first-order valence-corrected chi connectivity index (χ1v) is 6.90. The van der Waals surface area contributed by atoms with Crippen molar-refractivity contribution in [3.63, 3.8) is 0 Å². The van der Waals surface area contributed by atoms with Crippen LogP contribution in [-0.2, 0) is 16.0 Å². The van der Waals surface area contributed by atoms with Crippen LogP contribution < -0.4 is 21.9 Å². The van der Waals surface area contributed by atoms with Gasteiger partial charge < -0.3 is 20.8 Å². The number of nitrogens with zero attached hydrogens (tertiary/aromatic N) is 2. The molecule has 0 bridgehead atoms. The molecule has 0 radical (unpaired) electrons. The number of aromatic nitrogens is 2. The third kappa shape index (κ3) is 4.83. The topological polar surface area (TPSA) is 114 Å². The van der Waals surface area contributed by atoms with E-state index in [0.717, 1.165) is 5.56 Å². The second-order valence-corrected chi connectivity index (χ2v) is 4.61. The van der Waals surface area contributed by atoms with Crippen molar-refractivity contribution in [1.29, 1.82) is 0 Å². The molecule has 0 aliphatic heterocycles. The van der Waals surface area contributed by atoms with Crippen molar-refractivity contribution in [2.24, 2.45) is 5.84 Å². The zero-order valence-electron chi connectivity index (χ0n) is 13.0. The second kappa shape index (κ2) is 8.38. The highest BCUT2D eigenvalue weighted by Gasteiger charge is 2.16. The molecule has 0 aliphatic carbocycles. The molecule has 8 nitrogen and oxygen atoms in total. The van der Waals surface area contributed by atoms with Gasteiger partial charge in [-0.1, -0.05) is 6.92 Å². The Morgan fingerprint density at radius 3 is 2.62 bits per heavy atom. The smallest absolute Gasteiger partial charge is 0.242 e. The molecule has 1 amide bonds. The van der Waals surface area contributed by atoms with E-state index in [4.69, 9.17) is 10.6 Å². The predicted octanol–water partition coefficient (Wildman–Crippen LogP) is 0.196. The number of hydrogen-bond donors (Lipinski definition) is 4. The monoisotopic (exact) mass is 296 g/mol. The number of carbonyl (C=O) groups excluding carboxylic acids is 1. The maximum absolute atomic E-state index is 11.9. The van der Waals surface area contributed by atoms with E-state index in [2.05, 4.69) is 26.0 Å². The summed E-state index contributed by atoms with van der Waals surface area (Å²) >= 11 is 0. The molecule has 1 aromatic heterocycles. The van der Waals surface area contributed by atoms with Gasteiger partial charge in [-0.05, 0) is 13.8 Å². The van der Waals surface area contributed by atoms with Crippen LogP contribution in [0, 0.1) is 6.92 Å². The van der Waals surface area contributed by atoms with Crippen LogP contribution in [0.2, 0.25) is 0 Å². The summed E-state index contributed by atoms with van der Waals surface area (Å²) in [5, 5.41) is 5.86. The molecule has 1 rings (SSSR count). The third-order valence-electron chi connectivity index (χ3n) is 3.00. The highest BCUT2D eigenvalue weighted by atomic mass is 16.5. The molecule has 1 atom stereocenters. The molecule has 0 aromatic carbocycles. The van der Waals surface area contributed by atoms with Gasteiger partial charge in [0.2, 0.25) is 5.91 Å². The van der Waals surface area contributed by atoms with Gasteiger partial charge in [-0.25, -0.2) is 15.8 Å². The number of carbonyl (C=O) groups is 1. The summed E-state index contributed by atoms with van der Waals surface area (Å²) in [6.07, 6.45) is 0.679. The maximum Gasteiger partial charge on any atom is 0.242 e. The number of aryl methyl sites for hydroxylation is 1. The number of ether oxygens (including phenoxy) is 1. The van der Waals surface area contributed by atoms with Crippen molar-refractivity contribution in [1.82, 2.24) is 15.3 Å². The van der Waals surface area contributed by atoms with Crippen LogP contribution >= 0.6 is 0 Å². The lowest BCUT2D eigenvalue weighted by Crippen LogP contribution is -2.39. The molecule has 118 valence electrons. The van der Waals surface area contributed by atoms with Crippen LogP contribution in [0.15, 0.2) is 0 Å². The molecule has 0 saturated heterocycles. The molecule has 1 aromatic rings. The Kier molecular flexibility index (Phi) is 6.83. The molecule has 0 saturated carbocycles. The molecular formula is C13H24N6O2. The summed E-state index contributed by atoms with van der Waals surface area (Å²) in [5.41, 5.74) is 3.32. The summed E-state index contributed by atoms with van der Waals surface area (Å²) in [5.74, 6) is 7.14. The van der Waals surface area contributed by atoms with Gasteiger partial charge in [-0.2, -0.15) is 0 Å². The van der Waals surface area contributed by atoms with Crippen molar-refractivity contribution in [3.8, 4) is 0 Å². The number of hydrazine groups is 1. The zero-order chi connectivity index (χ0) is 15.8. The number of nitrogens with one attached hydrogen (secondary N) is 3. The van der Waals surface area contributed by atoms with E-state index in [1.807, 2.05) is 13.8 Å². The first-order valence-electron chi connectivity index (χ1n) is 6.90. The average Bonchev–Trinajstić information content (AvgIpc) is 2.49. The number of anilines is 2. The average molecular weight is 296 g/mol. The standard InChI is InChI=1S/C13H24N6O2/c1-5-10-17-11(8(2)12(18-10)19-14)16-9(3)13(20)15-6-7-21-4/h9H,5-7,14H2,1-4H3,(H,15,20)(H2,16,17,18,19). The lowest BCUT2D eigenvalue weighted by Gasteiger charge is -2.18.